The van der Waals surface area contributed by atoms with Crippen LogP contribution in [0.5, 0.6) is 11.5 Å². The SMILES string of the molecule is CNC[C@@H]1C[C@@H]2C[C@@]3(O)[C@@H](O[C@@H]2[C@H](C2(c4ccc(O)cc4)CCC4(CCCC4)CC2)[C@@H]1O)[C@H](C(=O)Oc1c(CO)[nH]c2ccc4cc5ccccc5cc4c12)O[C@@]3(O)CO. The Morgan fingerprint density at radius 2 is 1.63 bits per heavy atom. The van der Waals surface area contributed by atoms with Gasteiger partial charge in [0.1, 0.15) is 18.5 Å². The van der Waals surface area contributed by atoms with Crippen LogP contribution in [0.15, 0.2) is 72.8 Å². The van der Waals surface area contributed by atoms with Crippen molar-refractivity contribution in [3.63, 3.8) is 0 Å². The summed E-state index contributed by atoms with van der Waals surface area (Å²) in [5, 5.41) is 76.4. The molecule has 1 aromatic heterocycles. The molecular formula is C48H56N2O10. The van der Waals surface area contributed by atoms with E-state index in [1.165, 1.54) is 25.7 Å². The molecule has 2 aliphatic heterocycles. The van der Waals surface area contributed by atoms with Crippen molar-refractivity contribution < 1.29 is 49.6 Å². The lowest BCUT2D eigenvalue weighted by Gasteiger charge is -2.60. The van der Waals surface area contributed by atoms with E-state index in [0.29, 0.717) is 23.9 Å². The second-order valence-electron chi connectivity index (χ2n) is 18.8. The van der Waals surface area contributed by atoms with Gasteiger partial charge in [0.15, 0.2) is 17.5 Å². The summed E-state index contributed by atoms with van der Waals surface area (Å²) in [6, 6.07) is 23.1. The predicted octanol–water partition coefficient (Wildman–Crippen LogP) is 5.45. The maximum Gasteiger partial charge on any atom is 0.343 e. The van der Waals surface area contributed by atoms with Crippen molar-refractivity contribution in [2.24, 2.45) is 23.2 Å². The number of carbonyl (C=O) groups excluding carboxylic acids is 1. The van der Waals surface area contributed by atoms with Gasteiger partial charge in [-0.25, -0.2) is 4.79 Å². The van der Waals surface area contributed by atoms with Gasteiger partial charge in [0.25, 0.3) is 0 Å². The normalized spacial score (nSPS) is 33.3. The Morgan fingerprint density at radius 1 is 0.917 bits per heavy atom. The number of esters is 1. The van der Waals surface area contributed by atoms with Gasteiger partial charge in [0.05, 0.1) is 35.4 Å². The van der Waals surface area contributed by atoms with Gasteiger partial charge in [-0.2, -0.15) is 0 Å². The van der Waals surface area contributed by atoms with Crippen LogP contribution in [0.2, 0.25) is 0 Å². The smallest absolute Gasteiger partial charge is 0.343 e. The van der Waals surface area contributed by atoms with Crippen molar-refractivity contribution in [3.8, 4) is 11.5 Å². The number of phenols is 1. The summed E-state index contributed by atoms with van der Waals surface area (Å²) in [5.74, 6) is -4.40. The molecule has 0 radical (unpaired) electrons. The molecular weight excluding hydrogens is 765 g/mol. The van der Waals surface area contributed by atoms with Gasteiger partial charge in [0.2, 0.25) is 5.79 Å². The number of nitrogens with one attached hydrogen (secondary N) is 2. The molecule has 3 heterocycles. The maximum absolute atomic E-state index is 14.7. The fraction of sp³-hybridized carbons (Fsp3) is 0.521. The first-order valence-electron chi connectivity index (χ1n) is 21.8. The number of aliphatic hydroxyl groups is 5. The quantitative estimate of drug-likeness (QED) is 0.0733. The van der Waals surface area contributed by atoms with Crippen LogP contribution in [-0.4, -0.2) is 97.6 Å². The molecule has 5 aromatic rings. The lowest BCUT2D eigenvalue weighted by atomic mass is 9.49. The molecule has 3 aliphatic carbocycles. The highest BCUT2D eigenvalue weighted by Crippen LogP contribution is 2.62. The molecule has 3 saturated carbocycles. The fourth-order valence-corrected chi connectivity index (χ4v) is 12.7. The predicted molar refractivity (Wildman–Crippen MR) is 224 cm³/mol. The van der Waals surface area contributed by atoms with Gasteiger partial charge in [0, 0.05) is 17.9 Å². The van der Waals surface area contributed by atoms with Crippen LogP contribution in [0.3, 0.4) is 0 Å². The van der Waals surface area contributed by atoms with E-state index in [-0.39, 0.29) is 40.9 Å². The topological polar surface area (TPSA) is 194 Å². The highest BCUT2D eigenvalue weighted by molar-refractivity contribution is 6.14. The Morgan fingerprint density at radius 3 is 2.32 bits per heavy atom. The largest absolute Gasteiger partial charge is 0.508 e. The number of benzene rings is 4. The van der Waals surface area contributed by atoms with Crippen LogP contribution < -0.4 is 10.1 Å². The monoisotopic (exact) mass is 820 g/mol. The van der Waals surface area contributed by atoms with Crippen LogP contribution in [0.25, 0.3) is 32.4 Å². The van der Waals surface area contributed by atoms with Crippen LogP contribution in [0.4, 0.5) is 0 Å². The highest BCUT2D eigenvalue weighted by atomic mass is 16.7. The summed E-state index contributed by atoms with van der Waals surface area (Å²) in [7, 11) is 1.85. The number of aromatic hydroxyl groups is 1. The van der Waals surface area contributed by atoms with E-state index in [1.54, 1.807) is 12.1 Å². The number of phenolic OH excluding ortho intramolecular Hbond substituents is 1. The summed E-state index contributed by atoms with van der Waals surface area (Å²) in [6.07, 6.45) is 4.10. The Kier molecular flexibility index (Phi) is 9.84. The van der Waals surface area contributed by atoms with E-state index < -0.39 is 66.3 Å². The van der Waals surface area contributed by atoms with Crippen molar-refractivity contribution in [3.05, 3.63) is 84.1 Å². The Balaban J connectivity index is 1.05. The third kappa shape index (κ3) is 6.05. The summed E-state index contributed by atoms with van der Waals surface area (Å²) in [4.78, 5) is 17.9. The molecule has 2 saturated heterocycles. The van der Waals surface area contributed by atoms with Crippen molar-refractivity contribution in [2.45, 2.75) is 112 Å². The average Bonchev–Trinajstić information content (AvgIpc) is 3.93. The van der Waals surface area contributed by atoms with Gasteiger partial charge in [-0.3, -0.25) is 0 Å². The number of aromatic nitrogens is 1. The summed E-state index contributed by atoms with van der Waals surface area (Å²) in [5.41, 5.74) is -0.627. The lowest BCUT2D eigenvalue weighted by Crippen LogP contribution is -2.69. The van der Waals surface area contributed by atoms with E-state index in [4.69, 9.17) is 14.2 Å². The maximum atomic E-state index is 14.7. The van der Waals surface area contributed by atoms with Crippen molar-refractivity contribution in [1.29, 1.82) is 0 Å². The molecule has 0 amide bonds. The standard InChI is InChI=1S/C48H56N2O10/c1-49-24-31-21-30-23-47(56)43(58-40(30)38(39(31)54)46(32-9-11-33(53)12-10-32)18-16-45(17-19-46)14-4-5-15-45)42(60-48(47,57)26-52)44(55)59-41-36(25-51)50-35-13-8-29-20-27-6-2-3-7-28(27)22-34(29)37(35)41/h2-3,6-13,20,22,30-31,38-40,42-43,49-54,56-57H,4-5,14-19,21,23-26H2,1H3/t30-,31+,38-,39-,40+,42-,43+,47-,48+/m1/s1. The highest BCUT2D eigenvalue weighted by Gasteiger charge is 2.73. The molecule has 0 bridgehead atoms. The zero-order valence-corrected chi connectivity index (χ0v) is 34.0. The first-order chi connectivity index (χ1) is 28.9. The number of H-pyrrole nitrogens is 1. The van der Waals surface area contributed by atoms with Crippen LogP contribution in [-0.2, 0) is 26.3 Å². The zero-order valence-electron chi connectivity index (χ0n) is 34.0. The fourth-order valence-electron chi connectivity index (χ4n) is 12.7. The number of aromatic amines is 1. The second-order valence-corrected chi connectivity index (χ2v) is 18.8. The molecule has 9 atom stereocenters. The number of ether oxygens (including phenoxy) is 3. The van der Waals surface area contributed by atoms with Gasteiger partial charge in [-0.15, -0.1) is 0 Å². The number of aliphatic hydroxyl groups excluding tert-OH is 3. The molecule has 1 spiro atoms. The molecule has 12 heteroatoms. The molecule has 0 unspecified atom stereocenters. The number of hydrogen-bond donors (Lipinski definition) is 8. The average molecular weight is 821 g/mol. The molecule has 5 fully saturated rings. The van der Waals surface area contributed by atoms with E-state index >= 15 is 0 Å². The third-order valence-corrected chi connectivity index (χ3v) is 15.8. The van der Waals surface area contributed by atoms with Crippen molar-refractivity contribution >= 4 is 38.4 Å². The summed E-state index contributed by atoms with van der Waals surface area (Å²) < 4.78 is 19.3. The molecule has 10 rings (SSSR count). The van der Waals surface area contributed by atoms with Crippen molar-refractivity contribution in [2.75, 3.05) is 20.2 Å². The van der Waals surface area contributed by atoms with E-state index in [9.17, 15) is 35.4 Å². The molecule has 5 aliphatic rings. The number of rotatable bonds is 8. The van der Waals surface area contributed by atoms with Gasteiger partial charge >= 0.3 is 5.97 Å². The van der Waals surface area contributed by atoms with Crippen molar-refractivity contribution in [1.82, 2.24) is 10.3 Å². The Hall–Kier alpha value is -4.11. The van der Waals surface area contributed by atoms with Crippen LogP contribution in [0.1, 0.15) is 75.5 Å². The summed E-state index contributed by atoms with van der Waals surface area (Å²) >= 11 is 0. The molecule has 60 heavy (non-hydrogen) atoms. The van der Waals surface area contributed by atoms with E-state index in [0.717, 1.165) is 52.8 Å². The van der Waals surface area contributed by atoms with Gasteiger partial charge < -0.3 is 55.2 Å². The van der Waals surface area contributed by atoms with Crippen LogP contribution >= 0.6 is 0 Å². The molecule has 4 aromatic carbocycles. The first-order valence-corrected chi connectivity index (χ1v) is 21.8. The number of fused-ring (bicyclic) bond motifs is 6. The minimum absolute atomic E-state index is 0.0606. The molecule has 8 N–H and O–H groups in total. The van der Waals surface area contributed by atoms with Crippen LogP contribution in [0, 0.1) is 23.2 Å². The second kappa shape index (κ2) is 14.8. The Bertz CT molecular complexity index is 2420. The minimum atomic E-state index is -2.57. The Labute approximate surface area is 348 Å². The minimum Gasteiger partial charge on any atom is -0.508 e. The van der Waals surface area contributed by atoms with E-state index in [2.05, 4.69) is 16.4 Å². The zero-order chi connectivity index (χ0) is 41.6. The molecule has 12 nitrogen and oxygen atoms in total. The van der Waals surface area contributed by atoms with Gasteiger partial charge in [-0.1, -0.05) is 55.3 Å². The summed E-state index contributed by atoms with van der Waals surface area (Å²) in [6.45, 7) is -0.973. The lowest BCUT2D eigenvalue weighted by molar-refractivity contribution is -0.311. The number of carbonyl (C=O) groups is 1. The molecule has 318 valence electrons. The third-order valence-electron chi connectivity index (χ3n) is 15.8. The van der Waals surface area contributed by atoms with Gasteiger partial charge in [-0.05, 0) is 133 Å². The number of hydrogen-bond acceptors (Lipinski definition) is 11. The first kappa shape index (κ1) is 40.0. The van der Waals surface area contributed by atoms with E-state index in [1.807, 2.05) is 61.6 Å².